The molecule has 1 rings (SSSR count). The van der Waals surface area contributed by atoms with Gasteiger partial charge in [0.25, 0.3) is 0 Å². The van der Waals surface area contributed by atoms with Gasteiger partial charge in [0.15, 0.2) is 0 Å². The Bertz CT molecular complexity index is 340. The van der Waals surface area contributed by atoms with E-state index < -0.39 is 18.6 Å². The molecule has 0 aliphatic carbocycles. The number of rotatable bonds is 4. The van der Waals surface area contributed by atoms with Gasteiger partial charge in [0, 0.05) is 12.6 Å². The summed E-state index contributed by atoms with van der Waals surface area (Å²) in [6.45, 7) is -2.69. The van der Waals surface area contributed by atoms with E-state index in [-0.39, 0.29) is 6.42 Å². The lowest BCUT2D eigenvalue weighted by atomic mass is 10.1. The second-order valence-electron chi connectivity index (χ2n) is 2.94. The highest BCUT2D eigenvalue weighted by molar-refractivity contribution is 5.75. The molecular weight excluding hydrogens is 208 g/mol. The molecule has 1 aromatic heterocycles. The number of methoxy groups -OCH3 is 1. The molecule has 1 atom stereocenters. The maximum absolute atomic E-state index is 12.1. The Morgan fingerprint density at radius 2 is 2.40 bits per heavy atom. The number of esters is 1. The first kappa shape index (κ1) is 11.6. The number of alkyl halides is 2. The van der Waals surface area contributed by atoms with Gasteiger partial charge in [0.1, 0.15) is 6.04 Å². The minimum Gasteiger partial charge on any atom is -0.468 e. The molecule has 0 spiro atoms. The SMILES string of the molecule is COC(=O)[C@H](N)Cc1cnn(C(F)F)c1. The van der Waals surface area contributed by atoms with Crippen LogP contribution in [0.2, 0.25) is 0 Å². The molecule has 0 bridgehead atoms. The Labute approximate surface area is 84.8 Å². The third-order valence-corrected chi connectivity index (χ3v) is 1.81. The first-order valence-corrected chi connectivity index (χ1v) is 4.19. The number of ether oxygens (including phenoxy) is 1. The zero-order chi connectivity index (χ0) is 11.4. The summed E-state index contributed by atoms with van der Waals surface area (Å²) >= 11 is 0. The van der Waals surface area contributed by atoms with Crippen LogP contribution in [0.25, 0.3) is 0 Å². The van der Waals surface area contributed by atoms with E-state index in [0.717, 1.165) is 6.20 Å². The number of nitrogens with two attached hydrogens (primary N) is 1. The highest BCUT2D eigenvalue weighted by Gasteiger charge is 2.16. The molecule has 1 aromatic rings. The molecule has 0 unspecified atom stereocenters. The second kappa shape index (κ2) is 4.83. The predicted molar refractivity (Wildman–Crippen MR) is 47.2 cm³/mol. The van der Waals surface area contributed by atoms with Gasteiger partial charge >= 0.3 is 12.5 Å². The maximum Gasteiger partial charge on any atom is 0.333 e. The first-order chi connectivity index (χ1) is 7.04. The number of aromatic nitrogens is 2. The van der Waals surface area contributed by atoms with Gasteiger partial charge in [-0.15, -0.1) is 0 Å². The highest BCUT2D eigenvalue weighted by atomic mass is 19.3. The summed E-state index contributed by atoms with van der Waals surface area (Å²) in [5.74, 6) is -0.584. The van der Waals surface area contributed by atoms with Gasteiger partial charge in [-0.2, -0.15) is 13.9 Å². The van der Waals surface area contributed by atoms with E-state index in [1.165, 1.54) is 13.3 Å². The molecule has 0 radical (unpaired) electrons. The number of carbonyl (C=O) groups excluding carboxylic acids is 1. The molecule has 15 heavy (non-hydrogen) atoms. The van der Waals surface area contributed by atoms with Crippen molar-refractivity contribution >= 4 is 5.97 Å². The van der Waals surface area contributed by atoms with E-state index >= 15 is 0 Å². The maximum atomic E-state index is 12.1. The van der Waals surface area contributed by atoms with Gasteiger partial charge < -0.3 is 10.5 Å². The summed E-state index contributed by atoms with van der Waals surface area (Å²) in [6, 6.07) is -0.856. The lowest BCUT2D eigenvalue weighted by Crippen LogP contribution is -2.33. The van der Waals surface area contributed by atoms with Crippen LogP contribution in [0.1, 0.15) is 12.1 Å². The Balaban J connectivity index is 2.61. The average molecular weight is 219 g/mol. The molecule has 0 fully saturated rings. The van der Waals surface area contributed by atoms with Gasteiger partial charge in [-0.1, -0.05) is 0 Å². The van der Waals surface area contributed by atoms with E-state index in [2.05, 4.69) is 9.84 Å². The molecule has 0 aliphatic rings. The van der Waals surface area contributed by atoms with Crippen LogP contribution < -0.4 is 5.73 Å². The predicted octanol–water partition coefficient (Wildman–Crippen LogP) is 0.321. The molecule has 84 valence electrons. The van der Waals surface area contributed by atoms with Crippen molar-refractivity contribution in [3.63, 3.8) is 0 Å². The minimum absolute atomic E-state index is 0.124. The van der Waals surface area contributed by atoms with Crippen molar-refractivity contribution in [1.82, 2.24) is 9.78 Å². The van der Waals surface area contributed by atoms with Gasteiger partial charge in [0.2, 0.25) is 0 Å². The minimum atomic E-state index is -2.69. The molecule has 0 saturated heterocycles. The smallest absolute Gasteiger partial charge is 0.333 e. The van der Waals surface area contributed by atoms with E-state index in [4.69, 9.17) is 5.73 Å². The third kappa shape index (κ3) is 2.98. The summed E-state index contributed by atoms with van der Waals surface area (Å²) in [5.41, 5.74) is 5.91. The van der Waals surface area contributed by atoms with Crippen molar-refractivity contribution in [2.45, 2.75) is 19.0 Å². The average Bonchev–Trinajstić information content (AvgIpc) is 2.65. The van der Waals surface area contributed by atoms with Crippen LogP contribution in [0.15, 0.2) is 12.4 Å². The molecular formula is C8H11F2N3O2. The summed E-state index contributed by atoms with van der Waals surface area (Å²) in [5, 5.41) is 3.41. The Kier molecular flexibility index (Phi) is 3.73. The van der Waals surface area contributed by atoms with Gasteiger partial charge in [0.05, 0.1) is 13.3 Å². The molecule has 0 amide bonds. The van der Waals surface area contributed by atoms with Crippen LogP contribution in [0, 0.1) is 0 Å². The highest BCUT2D eigenvalue weighted by Crippen LogP contribution is 2.10. The van der Waals surface area contributed by atoms with Gasteiger partial charge in [-0.05, 0) is 5.56 Å². The quantitative estimate of drug-likeness (QED) is 0.740. The Hall–Kier alpha value is -1.50. The molecule has 0 aliphatic heterocycles. The molecule has 7 heteroatoms. The summed E-state index contributed by atoms with van der Waals surface area (Å²) in [4.78, 5) is 10.9. The van der Waals surface area contributed by atoms with Crippen molar-refractivity contribution in [3.05, 3.63) is 18.0 Å². The number of halogens is 2. The summed E-state index contributed by atoms with van der Waals surface area (Å²) < 4.78 is 29.1. The topological polar surface area (TPSA) is 70.1 Å². The van der Waals surface area contributed by atoms with Crippen LogP contribution in [-0.4, -0.2) is 28.9 Å². The summed E-state index contributed by atoms with van der Waals surface area (Å²) in [6.07, 6.45) is 2.52. The number of hydrogen-bond acceptors (Lipinski definition) is 4. The number of carbonyl (C=O) groups is 1. The zero-order valence-electron chi connectivity index (χ0n) is 8.06. The first-order valence-electron chi connectivity index (χ1n) is 4.19. The van der Waals surface area contributed by atoms with Crippen molar-refractivity contribution in [2.24, 2.45) is 5.73 Å². The number of nitrogens with zero attached hydrogens (tertiary/aromatic N) is 2. The molecule has 2 N–H and O–H groups in total. The molecule has 5 nitrogen and oxygen atoms in total. The van der Waals surface area contributed by atoms with Crippen LogP contribution in [0.3, 0.4) is 0 Å². The van der Waals surface area contributed by atoms with Crippen molar-refractivity contribution in [1.29, 1.82) is 0 Å². The molecule has 0 aromatic carbocycles. The Morgan fingerprint density at radius 1 is 1.73 bits per heavy atom. The fraction of sp³-hybridized carbons (Fsp3) is 0.500. The van der Waals surface area contributed by atoms with Gasteiger partial charge in [-0.3, -0.25) is 4.79 Å². The lowest BCUT2D eigenvalue weighted by Gasteiger charge is -2.06. The second-order valence-corrected chi connectivity index (χ2v) is 2.94. The van der Waals surface area contributed by atoms with Crippen LogP contribution >= 0.6 is 0 Å². The third-order valence-electron chi connectivity index (χ3n) is 1.81. The van der Waals surface area contributed by atoms with Crippen molar-refractivity contribution in [2.75, 3.05) is 7.11 Å². The largest absolute Gasteiger partial charge is 0.468 e. The van der Waals surface area contributed by atoms with Crippen LogP contribution in [0.5, 0.6) is 0 Å². The molecule has 1 heterocycles. The summed E-state index contributed by atoms with van der Waals surface area (Å²) in [7, 11) is 1.21. The zero-order valence-corrected chi connectivity index (χ0v) is 8.06. The van der Waals surface area contributed by atoms with Crippen LogP contribution in [-0.2, 0) is 16.0 Å². The lowest BCUT2D eigenvalue weighted by molar-refractivity contribution is -0.142. The fourth-order valence-corrected chi connectivity index (χ4v) is 1.08. The van der Waals surface area contributed by atoms with E-state index in [1.54, 1.807) is 0 Å². The normalized spacial score (nSPS) is 12.9. The standard InChI is InChI=1S/C8H11F2N3O2/c1-15-7(14)6(11)2-5-3-12-13(4-5)8(9)10/h3-4,6,8H,2,11H2,1H3/t6-/m1/s1. The fourth-order valence-electron chi connectivity index (χ4n) is 1.08. The number of hydrogen-bond donors (Lipinski definition) is 1. The van der Waals surface area contributed by atoms with Crippen LogP contribution in [0.4, 0.5) is 8.78 Å². The molecule has 0 saturated carbocycles. The van der Waals surface area contributed by atoms with Gasteiger partial charge in [-0.25, -0.2) is 4.68 Å². The van der Waals surface area contributed by atoms with Crippen molar-refractivity contribution < 1.29 is 18.3 Å². The van der Waals surface area contributed by atoms with E-state index in [9.17, 15) is 13.6 Å². The van der Waals surface area contributed by atoms with E-state index in [0.29, 0.717) is 10.2 Å². The Morgan fingerprint density at radius 3 is 2.87 bits per heavy atom. The monoisotopic (exact) mass is 219 g/mol. The van der Waals surface area contributed by atoms with E-state index in [1.807, 2.05) is 0 Å². The van der Waals surface area contributed by atoms with Crippen molar-refractivity contribution in [3.8, 4) is 0 Å².